The number of ether oxygens (including phenoxy) is 1. The lowest BCUT2D eigenvalue weighted by Gasteiger charge is -2.21. The van der Waals surface area contributed by atoms with E-state index in [1.54, 1.807) is 11.8 Å². The van der Waals surface area contributed by atoms with Crippen molar-refractivity contribution in [3.63, 3.8) is 0 Å². The van der Waals surface area contributed by atoms with Crippen LogP contribution in [-0.2, 0) is 14.3 Å². The zero-order valence-electron chi connectivity index (χ0n) is 12.7. The predicted octanol–water partition coefficient (Wildman–Crippen LogP) is 2.49. The van der Waals surface area contributed by atoms with E-state index in [1.165, 1.54) is 7.11 Å². The third-order valence-electron chi connectivity index (χ3n) is 3.53. The van der Waals surface area contributed by atoms with Crippen LogP contribution in [0.3, 0.4) is 0 Å². The normalized spacial score (nSPS) is 15.6. The zero-order valence-corrected chi connectivity index (χ0v) is 13.6. The second-order valence-electron chi connectivity index (χ2n) is 5.61. The van der Waals surface area contributed by atoms with Crippen LogP contribution in [0.15, 0.2) is 12.2 Å². The summed E-state index contributed by atoms with van der Waals surface area (Å²) in [6.07, 6.45) is 2.60. The Hall–Kier alpha value is -0.970. The summed E-state index contributed by atoms with van der Waals surface area (Å²) >= 11 is 1.63. The molecule has 1 fully saturated rings. The van der Waals surface area contributed by atoms with Crippen molar-refractivity contribution in [2.75, 3.05) is 31.7 Å². The highest BCUT2D eigenvalue weighted by atomic mass is 32.2. The fourth-order valence-corrected chi connectivity index (χ4v) is 3.36. The van der Waals surface area contributed by atoms with E-state index < -0.39 is 0 Å². The van der Waals surface area contributed by atoms with Crippen LogP contribution in [0.25, 0.3) is 0 Å². The van der Waals surface area contributed by atoms with Crippen LogP contribution in [0.4, 0.5) is 0 Å². The average Bonchev–Trinajstić information content (AvgIpc) is 3.15. The van der Waals surface area contributed by atoms with E-state index in [-0.39, 0.29) is 17.3 Å². The van der Waals surface area contributed by atoms with Crippen molar-refractivity contribution in [3.8, 4) is 0 Å². The highest BCUT2D eigenvalue weighted by Gasteiger charge is 2.44. The van der Waals surface area contributed by atoms with Gasteiger partial charge in [0.1, 0.15) is 0 Å². The molecule has 1 aliphatic rings. The van der Waals surface area contributed by atoms with E-state index in [4.69, 9.17) is 4.74 Å². The molecule has 0 aromatic heterocycles. The van der Waals surface area contributed by atoms with Crippen molar-refractivity contribution in [3.05, 3.63) is 12.2 Å². The molecule has 0 aliphatic heterocycles. The minimum Gasteiger partial charge on any atom is -0.469 e. The first-order chi connectivity index (χ1) is 9.42. The number of amides is 1. The Bertz CT molecular complexity index is 377. The summed E-state index contributed by atoms with van der Waals surface area (Å²) in [5.74, 6) is 1.34. The smallest absolute Gasteiger partial charge is 0.306 e. The summed E-state index contributed by atoms with van der Waals surface area (Å²) in [6.45, 7) is 9.09. The number of hydrogen-bond donors (Lipinski definition) is 0. The molecule has 1 rings (SSSR count). The average molecular weight is 299 g/mol. The molecular formula is C15H25NO3S. The summed E-state index contributed by atoms with van der Waals surface area (Å²) in [6, 6.07) is 0. The largest absolute Gasteiger partial charge is 0.469 e. The van der Waals surface area contributed by atoms with Crippen molar-refractivity contribution in [1.29, 1.82) is 0 Å². The number of methoxy groups -OCH3 is 1. The van der Waals surface area contributed by atoms with Gasteiger partial charge in [0.05, 0.1) is 19.3 Å². The van der Waals surface area contributed by atoms with Crippen molar-refractivity contribution in [1.82, 2.24) is 4.90 Å². The minimum absolute atomic E-state index is 0.0867. The fourth-order valence-electron chi connectivity index (χ4n) is 2.08. The Balaban J connectivity index is 2.31. The molecular weight excluding hydrogens is 274 g/mol. The Kier molecular flexibility index (Phi) is 6.59. The van der Waals surface area contributed by atoms with Gasteiger partial charge in [-0.25, -0.2) is 0 Å². The van der Waals surface area contributed by atoms with Gasteiger partial charge in [-0.2, -0.15) is 11.8 Å². The van der Waals surface area contributed by atoms with Gasteiger partial charge < -0.3 is 9.64 Å². The second-order valence-corrected chi connectivity index (χ2v) is 6.60. The SMILES string of the molecule is C=C(C)CN(CC)C(=O)CSCC1(CC(=O)OC)CC1. The van der Waals surface area contributed by atoms with Crippen molar-refractivity contribution in [2.45, 2.75) is 33.1 Å². The molecule has 1 amide bonds. The lowest BCUT2D eigenvalue weighted by molar-refractivity contribution is -0.141. The Morgan fingerprint density at radius 2 is 2.05 bits per heavy atom. The van der Waals surface area contributed by atoms with Crippen molar-refractivity contribution >= 4 is 23.6 Å². The third kappa shape index (κ3) is 5.57. The molecule has 0 atom stereocenters. The number of nitrogens with zero attached hydrogens (tertiary/aromatic N) is 1. The third-order valence-corrected chi connectivity index (χ3v) is 4.80. The molecule has 0 N–H and O–H groups in total. The van der Waals surface area contributed by atoms with Gasteiger partial charge in [-0.3, -0.25) is 9.59 Å². The maximum atomic E-state index is 12.1. The molecule has 20 heavy (non-hydrogen) atoms. The van der Waals surface area contributed by atoms with E-state index in [1.807, 2.05) is 18.7 Å². The van der Waals surface area contributed by atoms with Gasteiger partial charge in [-0.15, -0.1) is 0 Å². The van der Waals surface area contributed by atoms with Crippen LogP contribution in [0, 0.1) is 5.41 Å². The first-order valence-corrected chi connectivity index (χ1v) is 8.14. The molecule has 4 nitrogen and oxygen atoms in total. The first kappa shape index (κ1) is 17.1. The number of thioether (sulfide) groups is 1. The lowest BCUT2D eigenvalue weighted by Crippen LogP contribution is -2.33. The molecule has 0 radical (unpaired) electrons. The maximum Gasteiger partial charge on any atom is 0.306 e. The van der Waals surface area contributed by atoms with Crippen LogP contribution in [-0.4, -0.2) is 48.5 Å². The number of rotatable bonds is 9. The summed E-state index contributed by atoms with van der Waals surface area (Å²) in [5, 5.41) is 0. The van der Waals surface area contributed by atoms with Crippen molar-refractivity contribution in [2.24, 2.45) is 5.41 Å². The first-order valence-electron chi connectivity index (χ1n) is 6.99. The van der Waals surface area contributed by atoms with Crippen LogP contribution in [0.5, 0.6) is 0 Å². The summed E-state index contributed by atoms with van der Waals surface area (Å²) < 4.78 is 4.72. The van der Waals surface area contributed by atoms with E-state index in [2.05, 4.69) is 6.58 Å². The second kappa shape index (κ2) is 7.72. The van der Waals surface area contributed by atoms with Gasteiger partial charge in [0.15, 0.2) is 0 Å². The predicted molar refractivity (Wildman–Crippen MR) is 82.7 cm³/mol. The highest BCUT2D eigenvalue weighted by Crippen LogP contribution is 2.51. The molecule has 1 saturated carbocycles. The molecule has 0 aromatic carbocycles. The summed E-state index contributed by atoms with van der Waals surface area (Å²) in [5.41, 5.74) is 1.08. The molecule has 0 aromatic rings. The lowest BCUT2D eigenvalue weighted by atomic mass is 10.1. The highest BCUT2D eigenvalue weighted by molar-refractivity contribution is 7.99. The molecule has 0 saturated heterocycles. The molecule has 114 valence electrons. The standard InChI is InChI=1S/C15H25NO3S/c1-5-16(9-12(2)3)13(17)10-20-11-15(6-7-15)8-14(18)19-4/h2,5-11H2,1,3-4H3. The number of esters is 1. The van der Waals surface area contributed by atoms with Crippen LogP contribution < -0.4 is 0 Å². The Morgan fingerprint density at radius 1 is 1.40 bits per heavy atom. The molecule has 0 spiro atoms. The van der Waals surface area contributed by atoms with E-state index in [0.29, 0.717) is 25.3 Å². The van der Waals surface area contributed by atoms with E-state index in [0.717, 1.165) is 24.2 Å². The number of hydrogen-bond acceptors (Lipinski definition) is 4. The Morgan fingerprint density at radius 3 is 2.50 bits per heavy atom. The molecule has 5 heteroatoms. The van der Waals surface area contributed by atoms with E-state index in [9.17, 15) is 9.59 Å². The van der Waals surface area contributed by atoms with Gasteiger partial charge in [0, 0.05) is 13.1 Å². The quantitative estimate of drug-likeness (QED) is 0.485. The summed E-state index contributed by atoms with van der Waals surface area (Å²) in [4.78, 5) is 25.2. The monoisotopic (exact) mass is 299 g/mol. The number of likely N-dealkylation sites (N-methyl/N-ethyl adjacent to an activating group) is 1. The van der Waals surface area contributed by atoms with Crippen LogP contribution in [0.2, 0.25) is 0 Å². The van der Waals surface area contributed by atoms with Gasteiger partial charge in [-0.05, 0) is 37.9 Å². The number of carbonyl (C=O) groups is 2. The maximum absolute atomic E-state index is 12.1. The molecule has 0 unspecified atom stereocenters. The summed E-state index contributed by atoms with van der Waals surface area (Å²) in [7, 11) is 1.42. The van der Waals surface area contributed by atoms with Gasteiger partial charge in [0.2, 0.25) is 5.91 Å². The van der Waals surface area contributed by atoms with Gasteiger partial charge >= 0.3 is 5.97 Å². The minimum atomic E-state index is -0.146. The van der Waals surface area contributed by atoms with Gasteiger partial charge in [0.25, 0.3) is 0 Å². The Labute approximate surface area is 125 Å². The molecule has 1 aliphatic carbocycles. The van der Waals surface area contributed by atoms with Crippen molar-refractivity contribution < 1.29 is 14.3 Å². The van der Waals surface area contributed by atoms with Crippen LogP contribution >= 0.6 is 11.8 Å². The molecule has 0 heterocycles. The van der Waals surface area contributed by atoms with E-state index >= 15 is 0 Å². The topological polar surface area (TPSA) is 46.6 Å². The van der Waals surface area contributed by atoms with Gasteiger partial charge in [-0.1, -0.05) is 12.2 Å². The fraction of sp³-hybridized carbons (Fsp3) is 0.733. The number of carbonyl (C=O) groups excluding carboxylic acids is 2. The molecule has 0 bridgehead atoms. The zero-order chi connectivity index (χ0) is 15.2. The van der Waals surface area contributed by atoms with Crippen LogP contribution in [0.1, 0.15) is 33.1 Å².